The molecule has 0 radical (unpaired) electrons. The quantitative estimate of drug-likeness (QED) is 0.648. The zero-order chi connectivity index (χ0) is 18.9. The van der Waals surface area contributed by atoms with Gasteiger partial charge in [0, 0.05) is 5.56 Å². The molecule has 0 saturated heterocycles. The number of hydrogen-bond acceptors (Lipinski definition) is 6. The van der Waals surface area contributed by atoms with E-state index in [1.54, 1.807) is 0 Å². The summed E-state index contributed by atoms with van der Waals surface area (Å²) < 4.78 is 34.7. The molecule has 1 amide bonds. The van der Waals surface area contributed by atoms with Crippen LogP contribution in [0.25, 0.3) is 0 Å². The molecule has 0 fully saturated rings. The zero-order valence-electron chi connectivity index (χ0n) is 12.9. The molecule has 26 heavy (non-hydrogen) atoms. The number of hydrazine groups is 1. The number of fused-ring (bicyclic) bond motifs is 1. The van der Waals surface area contributed by atoms with Crippen molar-refractivity contribution in [1.29, 1.82) is 0 Å². The van der Waals surface area contributed by atoms with Gasteiger partial charge in [0.05, 0.1) is 15.5 Å². The second-order valence-corrected chi connectivity index (χ2v) is 7.16. The molecule has 0 aromatic heterocycles. The van der Waals surface area contributed by atoms with Gasteiger partial charge in [0.25, 0.3) is 15.9 Å². The number of carboxylic acid groups (broad SMARTS) is 1. The minimum atomic E-state index is -4.21. The number of carbonyl (C=O) groups is 2. The molecule has 1 aliphatic heterocycles. The van der Waals surface area contributed by atoms with Gasteiger partial charge >= 0.3 is 5.97 Å². The van der Waals surface area contributed by atoms with Crippen molar-refractivity contribution in [2.75, 3.05) is 6.79 Å². The van der Waals surface area contributed by atoms with Crippen LogP contribution >= 0.6 is 11.6 Å². The third-order valence-electron chi connectivity index (χ3n) is 3.41. The number of carbonyl (C=O) groups excluding carboxylic acids is 1. The van der Waals surface area contributed by atoms with E-state index in [0.717, 1.165) is 18.2 Å². The summed E-state index contributed by atoms with van der Waals surface area (Å²) in [6.45, 7) is 0.0372. The average Bonchev–Trinajstić information content (AvgIpc) is 3.07. The van der Waals surface area contributed by atoms with E-state index in [-0.39, 0.29) is 27.8 Å². The highest BCUT2D eigenvalue weighted by Gasteiger charge is 2.21. The maximum absolute atomic E-state index is 12.2. The molecule has 136 valence electrons. The fraction of sp³-hybridized carbons (Fsp3) is 0.0667. The highest BCUT2D eigenvalue weighted by molar-refractivity contribution is 7.89. The predicted octanol–water partition coefficient (Wildman–Crippen LogP) is 1.39. The molecular weight excluding hydrogens is 388 g/mol. The molecule has 0 saturated carbocycles. The Morgan fingerprint density at radius 2 is 1.81 bits per heavy atom. The van der Waals surface area contributed by atoms with Gasteiger partial charge in [0.15, 0.2) is 11.5 Å². The van der Waals surface area contributed by atoms with Gasteiger partial charge in [-0.3, -0.25) is 10.2 Å². The summed E-state index contributed by atoms with van der Waals surface area (Å²) in [6.07, 6.45) is 0. The Labute approximate surface area is 152 Å². The Morgan fingerprint density at radius 3 is 2.54 bits per heavy atom. The number of ether oxygens (including phenoxy) is 2. The van der Waals surface area contributed by atoms with Crippen LogP contribution in [0.2, 0.25) is 5.02 Å². The fourth-order valence-electron chi connectivity index (χ4n) is 2.12. The van der Waals surface area contributed by atoms with E-state index in [0.29, 0.717) is 11.5 Å². The Kier molecular flexibility index (Phi) is 4.72. The van der Waals surface area contributed by atoms with Crippen molar-refractivity contribution in [2.45, 2.75) is 4.90 Å². The van der Waals surface area contributed by atoms with Gasteiger partial charge < -0.3 is 14.6 Å². The Balaban J connectivity index is 1.75. The van der Waals surface area contributed by atoms with Crippen LogP contribution in [0.15, 0.2) is 41.3 Å². The summed E-state index contributed by atoms with van der Waals surface area (Å²) in [5, 5.41) is 8.90. The van der Waals surface area contributed by atoms with Gasteiger partial charge in [0.2, 0.25) is 6.79 Å². The molecule has 3 rings (SSSR count). The lowest BCUT2D eigenvalue weighted by Gasteiger charge is -2.10. The van der Waals surface area contributed by atoms with Crippen LogP contribution in [0.1, 0.15) is 20.7 Å². The SMILES string of the molecule is O=C(NNS(=O)(=O)c1ccc(Cl)c(C(=O)O)c1)c1ccc2c(c1)OCO2. The van der Waals surface area contributed by atoms with Crippen LogP contribution < -0.4 is 19.7 Å². The first kappa shape index (κ1) is 18.0. The molecule has 11 heteroatoms. The zero-order valence-corrected chi connectivity index (χ0v) is 14.4. The third kappa shape index (κ3) is 3.57. The maximum Gasteiger partial charge on any atom is 0.337 e. The number of nitrogens with one attached hydrogen (secondary N) is 2. The van der Waals surface area contributed by atoms with Gasteiger partial charge in [-0.2, -0.15) is 0 Å². The lowest BCUT2D eigenvalue weighted by molar-refractivity contribution is 0.0696. The number of aromatic carboxylic acids is 1. The monoisotopic (exact) mass is 398 g/mol. The number of sulfonamides is 1. The maximum atomic E-state index is 12.2. The summed E-state index contributed by atoms with van der Waals surface area (Å²) in [7, 11) is -4.21. The van der Waals surface area contributed by atoms with E-state index in [2.05, 4.69) is 0 Å². The highest BCUT2D eigenvalue weighted by atomic mass is 35.5. The van der Waals surface area contributed by atoms with Crippen molar-refractivity contribution in [3.05, 3.63) is 52.5 Å². The summed E-state index contributed by atoms with van der Waals surface area (Å²) in [6, 6.07) is 7.49. The van der Waals surface area contributed by atoms with Crippen LogP contribution in [-0.4, -0.2) is 32.2 Å². The molecule has 0 atom stereocenters. The second kappa shape index (κ2) is 6.83. The van der Waals surface area contributed by atoms with Crippen LogP contribution in [0.5, 0.6) is 11.5 Å². The van der Waals surface area contributed by atoms with Crippen LogP contribution in [0.4, 0.5) is 0 Å². The van der Waals surface area contributed by atoms with E-state index in [4.69, 9.17) is 26.2 Å². The normalized spacial score (nSPS) is 12.7. The molecule has 1 heterocycles. The molecule has 0 bridgehead atoms. The lowest BCUT2D eigenvalue weighted by Crippen LogP contribution is -2.41. The van der Waals surface area contributed by atoms with E-state index < -0.39 is 21.9 Å². The van der Waals surface area contributed by atoms with Gasteiger partial charge in [-0.15, -0.1) is 4.83 Å². The fourth-order valence-corrected chi connectivity index (χ4v) is 3.18. The summed E-state index contributed by atoms with van der Waals surface area (Å²) in [5.41, 5.74) is 1.80. The van der Waals surface area contributed by atoms with Crippen LogP contribution in [0.3, 0.4) is 0 Å². The molecule has 2 aromatic carbocycles. The summed E-state index contributed by atoms with van der Waals surface area (Å²) >= 11 is 5.71. The van der Waals surface area contributed by atoms with E-state index in [9.17, 15) is 18.0 Å². The number of halogens is 1. The number of hydrogen-bond donors (Lipinski definition) is 3. The number of rotatable bonds is 5. The lowest BCUT2D eigenvalue weighted by atomic mass is 10.2. The summed E-state index contributed by atoms with van der Waals surface area (Å²) in [4.78, 5) is 24.7. The van der Waals surface area contributed by atoms with E-state index in [1.807, 2.05) is 10.3 Å². The van der Waals surface area contributed by atoms with Crippen molar-refractivity contribution < 1.29 is 32.6 Å². The first-order valence-electron chi connectivity index (χ1n) is 7.02. The highest BCUT2D eigenvalue weighted by Crippen LogP contribution is 2.32. The van der Waals surface area contributed by atoms with Gasteiger partial charge in [-0.05, 0) is 36.4 Å². The minimum absolute atomic E-state index is 0.0372. The third-order valence-corrected chi connectivity index (χ3v) is 4.99. The van der Waals surface area contributed by atoms with Crippen molar-refractivity contribution in [1.82, 2.24) is 10.3 Å². The van der Waals surface area contributed by atoms with E-state index >= 15 is 0 Å². The van der Waals surface area contributed by atoms with E-state index in [1.165, 1.54) is 18.2 Å². The Bertz CT molecular complexity index is 1010. The van der Waals surface area contributed by atoms with Crippen molar-refractivity contribution >= 4 is 33.5 Å². The van der Waals surface area contributed by atoms with Crippen LogP contribution in [0, 0.1) is 0 Å². The van der Waals surface area contributed by atoms with Gasteiger partial charge in [-0.25, -0.2) is 13.2 Å². The Hall–Kier alpha value is -2.82. The second-order valence-electron chi connectivity index (χ2n) is 5.07. The molecule has 3 N–H and O–H groups in total. The number of carboxylic acids is 1. The first-order chi connectivity index (χ1) is 12.3. The average molecular weight is 399 g/mol. The van der Waals surface area contributed by atoms with Crippen molar-refractivity contribution in [2.24, 2.45) is 0 Å². The standard InChI is InChI=1S/C15H11ClN2O7S/c16-11-3-2-9(6-10(11)15(20)21)26(22,23)18-17-14(19)8-1-4-12-13(5-8)25-7-24-12/h1-6,18H,7H2,(H,17,19)(H,20,21). The molecule has 0 spiro atoms. The van der Waals surface area contributed by atoms with Crippen molar-refractivity contribution in [3.63, 3.8) is 0 Å². The number of amides is 1. The Morgan fingerprint density at radius 1 is 1.08 bits per heavy atom. The largest absolute Gasteiger partial charge is 0.478 e. The predicted molar refractivity (Wildman–Crippen MR) is 88.8 cm³/mol. The van der Waals surface area contributed by atoms with Gasteiger partial charge in [0.1, 0.15) is 0 Å². The molecule has 1 aliphatic rings. The van der Waals surface area contributed by atoms with Gasteiger partial charge in [-0.1, -0.05) is 11.6 Å². The molecule has 9 nitrogen and oxygen atoms in total. The first-order valence-corrected chi connectivity index (χ1v) is 8.89. The van der Waals surface area contributed by atoms with Crippen molar-refractivity contribution in [3.8, 4) is 11.5 Å². The van der Waals surface area contributed by atoms with Crippen LogP contribution in [-0.2, 0) is 10.0 Å². The molecule has 0 aliphatic carbocycles. The molecule has 0 unspecified atom stereocenters. The number of benzene rings is 2. The molecule has 2 aromatic rings. The molecular formula is C15H11ClN2O7S. The minimum Gasteiger partial charge on any atom is -0.478 e. The topological polar surface area (TPSA) is 131 Å². The summed E-state index contributed by atoms with van der Waals surface area (Å²) in [5.74, 6) is -1.27. The smallest absolute Gasteiger partial charge is 0.337 e.